The minimum absolute atomic E-state index is 0.416. The van der Waals surface area contributed by atoms with Gasteiger partial charge in [-0.15, -0.1) is 0 Å². The first-order chi connectivity index (χ1) is 6.70. The molecule has 0 amide bonds. The van der Waals surface area contributed by atoms with Crippen molar-refractivity contribution in [3.63, 3.8) is 0 Å². The van der Waals surface area contributed by atoms with Gasteiger partial charge in [0.2, 0.25) is 0 Å². The standard InChI is InChI=1S/C12H28N2/c1-4-6-7-10-14(3)11-8-9-12(13)5-2/h12H,4-11,13H2,1-3H3. The van der Waals surface area contributed by atoms with Crippen molar-refractivity contribution in [3.05, 3.63) is 0 Å². The summed E-state index contributed by atoms with van der Waals surface area (Å²) in [4.78, 5) is 2.43. The molecule has 2 heteroatoms. The second-order valence-corrected chi connectivity index (χ2v) is 4.32. The molecule has 0 aliphatic carbocycles. The molecule has 0 bridgehead atoms. The zero-order valence-electron chi connectivity index (χ0n) is 10.3. The summed E-state index contributed by atoms with van der Waals surface area (Å²) in [5, 5.41) is 0. The lowest BCUT2D eigenvalue weighted by Crippen LogP contribution is -2.24. The first kappa shape index (κ1) is 13.9. The number of hydrogen-bond donors (Lipinski definition) is 1. The Labute approximate surface area is 89.9 Å². The Kier molecular flexibility index (Phi) is 9.42. The van der Waals surface area contributed by atoms with Crippen molar-refractivity contribution in [1.82, 2.24) is 4.90 Å². The summed E-state index contributed by atoms with van der Waals surface area (Å²) in [6.45, 7) is 6.86. The maximum absolute atomic E-state index is 5.86. The molecule has 0 heterocycles. The second kappa shape index (κ2) is 9.47. The smallest absolute Gasteiger partial charge is 0.00366 e. The molecule has 0 radical (unpaired) electrons. The molecule has 2 N–H and O–H groups in total. The third-order valence-corrected chi connectivity index (χ3v) is 2.78. The van der Waals surface area contributed by atoms with Gasteiger partial charge in [0, 0.05) is 6.04 Å². The fourth-order valence-corrected chi connectivity index (χ4v) is 1.57. The highest BCUT2D eigenvalue weighted by molar-refractivity contribution is 4.60. The van der Waals surface area contributed by atoms with Crippen LogP contribution in [0.1, 0.15) is 52.4 Å². The van der Waals surface area contributed by atoms with E-state index >= 15 is 0 Å². The van der Waals surface area contributed by atoms with Gasteiger partial charge in [0.15, 0.2) is 0 Å². The highest BCUT2D eigenvalue weighted by atomic mass is 15.1. The van der Waals surface area contributed by atoms with Crippen molar-refractivity contribution in [1.29, 1.82) is 0 Å². The molecule has 1 atom stereocenters. The minimum atomic E-state index is 0.416. The van der Waals surface area contributed by atoms with Gasteiger partial charge in [-0.05, 0) is 45.8 Å². The van der Waals surface area contributed by atoms with E-state index in [0.717, 1.165) is 6.42 Å². The van der Waals surface area contributed by atoms with E-state index in [0.29, 0.717) is 6.04 Å². The second-order valence-electron chi connectivity index (χ2n) is 4.32. The molecular weight excluding hydrogens is 172 g/mol. The molecule has 0 saturated heterocycles. The highest BCUT2D eigenvalue weighted by Gasteiger charge is 2.01. The average Bonchev–Trinajstić information content (AvgIpc) is 2.18. The summed E-state index contributed by atoms with van der Waals surface area (Å²) in [6, 6.07) is 0.416. The fourth-order valence-electron chi connectivity index (χ4n) is 1.57. The van der Waals surface area contributed by atoms with E-state index in [1.165, 1.54) is 45.2 Å². The summed E-state index contributed by atoms with van der Waals surface area (Å²) in [6.07, 6.45) is 7.55. The Morgan fingerprint density at radius 3 is 2.29 bits per heavy atom. The van der Waals surface area contributed by atoms with E-state index in [-0.39, 0.29) is 0 Å². The van der Waals surface area contributed by atoms with Crippen molar-refractivity contribution in [2.24, 2.45) is 5.73 Å². The summed E-state index contributed by atoms with van der Waals surface area (Å²) in [5.74, 6) is 0. The normalized spacial score (nSPS) is 13.5. The average molecular weight is 200 g/mol. The molecule has 0 aromatic rings. The van der Waals surface area contributed by atoms with E-state index in [4.69, 9.17) is 5.73 Å². The van der Waals surface area contributed by atoms with Crippen LogP contribution in [0.4, 0.5) is 0 Å². The van der Waals surface area contributed by atoms with Crippen LogP contribution in [-0.2, 0) is 0 Å². The van der Waals surface area contributed by atoms with Crippen LogP contribution in [0.15, 0.2) is 0 Å². The van der Waals surface area contributed by atoms with Crippen LogP contribution >= 0.6 is 0 Å². The van der Waals surface area contributed by atoms with Gasteiger partial charge >= 0.3 is 0 Å². The molecule has 0 saturated carbocycles. The van der Waals surface area contributed by atoms with Crippen LogP contribution in [0.2, 0.25) is 0 Å². The lowest BCUT2D eigenvalue weighted by molar-refractivity contribution is 0.313. The number of hydrogen-bond acceptors (Lipinski definition) is 2. The lowest BCUT2D eigenvalue weighted by atomic mass is 10.1. The molecule has 0 fully saturated rings. The summed E-state index contributed by atoms with van der Waals surface area (Å²) >= 11 is 0. The number of nitrogens with two attached hydrogens (primary N) is 1. The Morgan fingerprint density at radius 2 is 1.71 bits per heavy atom. The molecule has 14 heavy (non-hydrogen) atoms. The quantitative estimate of drug-likeness (QED) is 0.580. The van der Waals surface area contributed by atoms with Gasteiger partial charge < -0.3 is 10.6 Å². The van der Waals surface area contributed by atoms with Gasteiger partial charge in [-0.2, -0.15) is 0 Å². The van der Waals surface area contributed by atoms with Crippen LogP contribution in [0.3, 0.4) is 0 Å². The number of nitrogens with zero attached hydrogens (tertiary/aromatic N) is 1. The monoisotopic (exact) mass is 200 g/mol. The SMILES string of the molecule is CCCCCN(C)CCCC(N)CC. The Hall–Kier alpha value is -0.0800. The molecule has 0 rings (SSSR count). The van der Waals surface area contributed by atoms with Crippen molar-refractivity contribution in [2.45, 2.75) is 58.4 Å². The molecule has 0 aliphatic rings. The number of unbranched alkanes of at least 4 members (excludes halogenated alkanes) is 2. The van der Waals surface area contributed by atoms with Crippen molar-refractivity contribution < 1.29 is 0 Å². The third-order valence-electron chi connectivity index (χ3n) is 2.78. The summed E-state index contributed by atoms with van der Waals surface area (Å²) in [7, 11) is 2.22. The Morgan fingerprint density at radius 1 is 1.07 bits per heavy atom. The lowest BCUT2D eigenvalue weighted by Gasteiger charge is -2.17. The molecule has 1 unspecified atom stereocenters. The maximum Gasteiger partial charge on any atom is 0.00366 e. The van der Waals surface area contributed by atoms with Crippen molar-refractivity contribution in [3.8, 4) is 0 Å². The molecule has 86 valence electrons. The first-order valence-corrected chi connectivity index (χ1v) is 6.14. The topological polar surface area (TPSA) is 29.3 Å². The largest absolute Gasteiger partial charge is 0.328 e. The highest BCUT2D eigenvalue weighted by Crippen LogP contribution is 2.01. The van der Waals surface area contributed by atoms with Crippen LogP contribution in [0.5, 0.6) is 0 Å². The molecule has 0 spiro atoms. The van der Waals surface area contributed by atoms with E-state index in [9.17, 15) is 0 Å². The molecule has 0 aromatic heterocycles. The Balaban J connectivity index is 3.21. The van der Waals surface area contributed by atoms with Gasteiger partial charge in [-0.25, -0.2) is 0 Å². The van der Waals surface area contributed by atoms with Crippen molar-refractivity contribution in [2.75, 3.05) is 20.1 Å². The van der Waals surface area contributed by atoms with Crippen LogP contribution in [-0.4, -0.2) is 31.1 Å². The molecule has 0 aliphatic heterocycles. The van der Waals surface area contributed by atoms with E-state index in [1.807, 2.05) is 0 Å². The van der Waals surface area contributed by atoms with Crippen LogP contribution in [0.25, 0.3) is 0 Å². The third kappa shape index (κ3) is 8.52. The van der Waals surface area contributed by atoms with Gasteiger partial charge in [0.1, 0.15) is 0 Å². The maximum atomic E-state index is 5.86. The fraction of sp³-hybridized carbons (Fsp3) is 1.00. The Bertz CT molecular complexity index is 115. The van der Waals surface area contributed by atoms with Gasteiger partial charge in [-0.1, -0.05) is 26.7 Å². The van der Waals surface area contributed by atoms with E-state index in [1.54, 1.807) is 0 Å². The van der Waals surface area contributed by atoms with Crippen LogP contribution < -0.4 is 5.73 Å². The minimum Gasteiger partial charge on any atom is -0.328 e. The summed E-state index contributed by atoms with van der Waals surface area (Å²) in [5.41, 5.74) is 5.86. The van der Waals surface area contributed by atoms with Crippen LogP contribution in [0, 0.1) is 0 Å². The zero-order valence-corrected chi connectivity index (χ0v) is 10.3. The molecular formula is C12H28N2. The van der Waals surface area contributed by atoms with E-state index in [2.05, 4.69) is 25.8 Å². The predicted octanol–water partition coefficient (Wildman–Crippen LogP) is 2.63. The first-order valence-electron chi connectivity index (χ1n) is 6.14. The van der Waals surface area contributed by atoms with Gasteiger partial charge in [0.05, 0.1) is 0 Å². The van der Waals surface area contributed by atoms with Gasteiger partial charge in [0.25, 0.3) is 0 Å². The zero-order chi connectivity index (χ0) is 10.8. The van der Waals surface area contributed by atoms with Crippen molar-refractivity contribution >= 4 is 0 Å². The molecule has 2 nitrogen and oxygen atoms in total. The van der Waals surface area contributed by atoms with Gasteiger partial charge in [-0.3, -0.25) is 0 Å². The van der Waals surface area contributed by atoms with E-state index < -0.39 is 0 Å². The molecule has 0 aromatic carbocycles. The summed E-state index contributed by atoms with van der Waals surface area (Å²) < 4.78 is 0. The number of rotatable bonds is 9. The predicted molar refractivity (Wildman–Crippen MR) is 64.5 cm³/mol.